The fourth-order valence-electron chi connectivity index (χ4n) is 1.85. The van der Waals surface area contributed by atoms with Crippen LogP contribution in [0.1, 0.15) is 12.8 Å². The first-order valence-electron chi connectivity index (χ1n) is 6.73. The molecule has 20 heavy (non-hydrogen) atoms. The van der Waals surface area contributed by atoms with Crippen LogP contribution in [0, 0.1) is 5.82 Å². The fraction of sp³-hybridized carbons (Fsp3) is 0.500. The van der Waals surface area contributed by atoms with E-state index in [4.69, 9.17) is 4.74 Å². The molecule has 1 aliphatic heterocycles. The number of thioether (sulfide) groups is 1. The highest BCUT2D eigenvalue weighted by molar-refractivity contribution is 7.99. The summed E-state index contributed by atoms with van der Waals surface area (Å²) in [6.07, 6.45) is 1.72. The predicted octanol–water partition coefficient (Wildman–Crippen LogP) is 1.76. The molecule has 1 unspecified atom stereocenters. The van der Waals surface area contributed by atoms with Crippen LogP contribution < -0.4 is 15.4 Å². The maximum atomic E-state index is 12.7. The predicted molar refractivity (Wildman–Crippen MR) is 78.4 cm³/mol. The minimum absolute atomic E-state index is 0.0459. The molecule has 2 N–H and O–H groups in total. The summed E-state index contributed by atoms with van der Waals surface area (Å²) in [6, 6.07) is 5.93. The number of nitrogens with one attached hydrogen (secondary N) is 2. The number of rotatable bonds is 7. The molecular weight excluding hydrogens is 279 g/mol. The zero-order valence-electron chi connectivity index (χ0n) is 11.2. The van der Waals surface area contributed by atoms with Crippen LogP contribution in [0.4, 0.5) is 4.39 Å². The lowest BCUT2D eigenvalue weighted by Crippen LogP contribution is -2.42. The van der Waals surface area contributed by atoms with Crippen LogP contribution in [0.5, 0.6) is 5.75 Å². The molecule has 1 fully saturated rings. The van der Waals surface area contributed by atoms with Crippen molar-refractivity contribution >= 4 is 17.7 Å². The summed E-state index contributed by atoms with van der Waals surface area (Å²) in [5.41, 5.74) is 0. The summed E-state index contributed by atoms with van der Waals surface area (Å²) in [5, 5.41) is 6.04. The number of unbranched alkanes of at least 4 members (excludes halogenated alkanes) is 1. The van der Waals surface area contributed by atoms with E-state index in [1.54, 1.807) is 23.9 Å². The molecule has 1 aliphatic rings. The van der Waals surface area contributed by atoms with E-state index in [2.05, 4.69) is 10.6 Å². The Morgan fingerprint density at radius 3 is 2.90 bits per heavy atom. The SMILES string of the molecule is O=C(NCCCCOc1ccc(F)cc1)C1CSCN1. The van der Waals surface area contributed by atoms with E-state index >= 15 is 0 Å². The maximum Gasteiger partial charge on any atom is 0.238 e. The van der Waals surface area contributed by atoms with Gasteiger partial charge in [0, 0.05) is 18.2 Å². The quantitative estimate of drug-likeness (QED) is 0.753. The Kier molecular flexibility index (Phi) is 6.14. The zero-order valence-corrected chi connectivity index (χ0v) is 12.0. The lowest BCUT2D eigenvalue weighted by molar-refractivity contribution is -0.122. The van der Waals surface area contributed by atoms with Crippen LogP contribution in [-0.4, -0.2) is 36.7 Å². The van der Waals surface area contributed by atoms with Crippen LogP contribution in [0.2, 0.25) is 0 Å². The number of benzene rings is 1. The summed E-state index contributed by atoms with van der Waals surface area (Å²) in [5.74, 6) is 2.18. The van der Waals surface area contributed by atoms with Crippen molar-refractivity contribution < 1.29 is 13.9 Å². The molecule has 0 aromatic heterocycles. The van der Waals surface area contributed by atoms with Crippen molar-refractivity contribution in [2.24, 2.45) is 0 Å². The molecule has 1 saturated heterocycles. The number of amides is 1. The minimum atomic E-state index is -0.265. The molecule has 110 valence electrons. The normalized spacial score (nSPS) is 17.9. The average Bonchev–Trinajstić information content (AvgIpc) is 2.98. The molecular formula is C14H19FN2O2S. The van der Waals surface area contributed by atoms with Crippen LogP contribution in [-0.2, 0) is 4.79 Å². The van der Waals surface area contributed by atoms with Crippen molar-refractivity contribution in [3.8, 4) is 5.75 Å². The van der Waals surface area contributed by atoms with Crippen molar-refractivity contribution in [1.82, 2.24) is 10.6 Å². The standard InChI is InChI=1S/C14H19FN2O2S/c15-11-3-5-12(6-4-11)19-8-2-1-7-16-14(18)13-9-20-10-17-13/h3-6,13,17H,1-2,7-10H2,(H,16,18). The van der Waals surface area contributed by atoms with Crippen molar-refractivity contribution in [3.63, 3.8) is 0 Å². The number of carbonyl (C=O) groups excluding carboxylic acids is 1. The van der Waals surface area contributed by atoms with Gasteiger partial charge in [-0.05, 0) is 37.1 Å². The molecule has 1 atom stereocenters. The Hall–Kier alpha value is -1.27. The van der Waals surface area contributed by atoms with E-state index < -0.39 is 0 Å². The van der Waals surface area contributed by atoms with Gasteiger partial charge in [0.15, 0.2) is 0 Å². The third-order valence-electron chi connectivity index (χ3n) is 2.99. The van der Waals surface area contributed by atoms with Gasteiger partial charge in [0.25, 0.3) is 0 Å². The monoisotopic (exact) mass is 298 g/mol. The Labute approximate surface area is 122 Å². The van der Waals surface area contributed by atoms with Crippen LogP contribution in [0.3, 0.4) is 0 Å². The van der Waals surface area contributed by atoms with Gasteiger partial charge in [-0.15, -0.1) is 11.8 Å². The number of ether oxygens (including phenoxy) is 1. The highest BCUT2D eigenvalue weighted by Gasteiger charge is 2.21. The number of halogens is 1. The minimum Gasteiger partial charge on any atom is -0.494 e. The highest BCUT2D eigenvalue weighted by atomic mass is 32.2. The Bertz CT molecular complexity index is 422. The molecule has 0 radical (unpaired) electrons. The van der Waals surface area contributed by atoms with Crippen molar-refractivity contribution in [2.45, 2.75) is 18.9 Å². The van der Waals surface area contributed by atoms with Gasteiger partial charge in [0.1, 0.15) is 11.6 Å². The van der Waals surface area contributed by atoms with Gasteiger partial charge in [0.2, 0.25) is 5.91 Å². The van der Waals surface area contributed by atoms with Crippen LogP contribution in [0.15, 0.2) is 24.3 Å². The first kappa shape index (κ1) is 15.1. The van der Waals surface area contributed by atoms with E-state index in [0.717, 1.165) is 24.5 Å². The Morgan fingerprint density at radius 1 is 1.40 bits per heavy atom. The van der Waals surface area contributed by atoms with Gasteiger partial charge in [-0.3, -0.25) is 10.1 Å². The van der Waals surface area contributed by atoms with Crippen molar-refractivity contribution in [3.05, 3.63) is 30.1 Å². The van der Waals surface area contributed by atoms with Gasteiger partial charge < -0.3 is 10.1 Å². The largest absolute Gasteiger partial charge is 0.494 e. The van der Waals surface area contributed by atoms with Crippen LogP contribution >= 0.6 is 11.8 Å². The second kappa shape index (κ2) is 8.11. The molecule has 0 bridgehead atoms. The smallest absolute Gasteiger partial charge is 0.238 e. The zero-order chi connectivity index (χ0) is 14.2. The number of hydrogen-bond donors (Lipinski definition) is 2. The van der Waals surface area contributed by atoms with Crippen LogP contribution in [0.25, 0.3) is 0 Å². The lowest BCUT2D eigenvalue weighted by atomic mass is 10.3. The molecule has 1 amide bonds. The third-order valence-corrected chi connectivity index (χ3v) is 3.93. The molecule has 0 spiro atoms. The lowest BCUT2D eigenvalue weighted by Gasteiger charge is -2.10. The van der Waals surface area contributed by atoms with E-state index in [0.29, 0.717) is 18.9 Å². The average molecular weight is 298 g/mol. The van der Waals surface area contributed by atoms with Gasteiger partial charge >= 0.3 is 0 Å². The highest BCUT2D eigenvalue weighted by Crippen LogP contribution is 2.11. The first-order valence-corrected chi connectivity index (χ1v) is 7.88. The maximum absolute atomic E-state index is 12.7. The molecule has 1 heterocycles. The topological polar surface area (TPSA) is 50.4 Å². The van der Waals surface area contributed by atoms with Crippen molar-refractivity contribution in [1.29, 1.82) is 0 Å². The van der Waals surface area contributed by atoms with E-state index in [1.165, 1.54) is 12.1 Å². The molecule has 0 aliphatic carbocycles. The van der Waals surface area contributed by atoms with Crippen molar-refractivity contribution in [2.75, 3.05) is 24.8 Å². The second-order valence-electron chi connectivity index (χ2n) is 4.57. The molecule has 0 saturated carbocycles. The molecule has 6 heteroatoms. The molecule has 4 nitrogen and oxygen atoms in total. The Morgan fingerprint density at radius 2 is 2.20 bits per heavy atom. The number of hydrogen-bond acceptors (Lipinski definition) is 4. The molecule has 1 aromatic rings. The van der Waals surface area contributed by atoms with Gasteiger partial charge in [-0.25, -0.2) is 4.39 Å². The van der Waals surface area contributed by atoms with Gasteiger partial charge in [0.05, 0.1) is 12.6 Å². The number of carbonyl (C=O) groups is 1. The molecule has 2 rings (SSSR count). The summed E-state index contributed by atoms with van der Waals surface area (Å²) in [7, 11) is 0. The molecule has 1 aromatic carbocycles. The summed E-state index contributed by atoms with van der Waals surface area (Å²) < 4.78 is 18.1. The van der Waals surface area contributed by atoms with E-state index in [9.17, 15) is 9.18 Å². The van der Waals surface area contributed by atoms with E-state index in [1.807, 2.05) is 0 Å². The summed E-state index contributed by atoms with van der Waals surface area (Å²) in [4.78, 5) is 11.7. The Balaban J connectivity index is 1.51. The summed E-state index contributed by atoms with van der Waals surface area (Å²) >= 11 is 1.74. The summed E-state index contributed by atoms with van der Waals surface area (Å²) in [6.45, 7) is 1.23. The van der Waals surface area contributed by atoms with Gasteiger partial charge in [-0.2, -0.15) is 0 Å². The van der Waals surface area contributed by atoms with Gasteiger partial charge in [-0.1, -0.05) is 0 Å². The first-order chi connectivity index (χ1) is 9.75. The van der Waals surface area contributed by atoms with E-state index in [-0.39, 0.29) is 17.8 Å². The second-order valence-corrected chi connectivity index (χ2v) is 5.60. The fourth-order valence-corrected chi connectivity index (χ4v) is 2.79. The third kappa shape index (κ3) is 5.02.